The van der Waals surface area contributed by atoms with Gasteiger partial charge in [-0.25, -0.2) is 0 Å². The van der Waals surface area contributed by atoms with Crippen LogP contribution in [0.15, 0.2) is 22.7 Å². The minimum Gasteiger partial charge on any atom is -0.355 e. The number of halogens is 1. The summed E-state index contributed by atoms with van der Waals surface area (Å²) in [6, 6.07) is 5.72. The Labute approximate surface area is 125 Å². The van der Waals surface area contributed by atoms with E-state index in [1.165, 1.54) is 11.8 Å². The number of anilines is 1. The first kappa shape index (κ1) is 16.0. The second-order valence-electron chi connectivity index (χ2n) is 4.04. The summed E-state index contributed by atoms with van der Waals surface area (Å²) in [5.74, 6) is 0.274. The Morgan fingerprint density at radius 2 is 2.05 bits per heavy atom. The van der Waals surface area contributed by atoms with E-state index in [2.05, 4.69) is 26.6 Å². The van der Waals surface area contributed by atoms with Gasteiger partial charge in [0.15, 0.2) is 0 Å². The quantitative estimate of drug-likeness (QED) is 0.833. The predicted molar refractivity (Wildman–Crippen MR) is 83.5 cm³/mol. The van der Waals surface area contributed by atoms with E-state index in [1.54, 1.807) is 0 Å². The number of nitrogens with one attached hydrogen (secondary N) is 2. The van der Waals surface area contributed by atoms with Gasteiger partial charge in [0, 0.05) is 23.1 Å². The normalized spacial score (nSPS) is 10.1. The highest BCUT2D eigenvalue weighted by Gasteiger charge is 2.06. The van der Waals surface area contributed by atoms with E-state index in [0.29, 0.717) is 12.3 Å². The van der Waals surface area contributed by atoms with Gasteiger partial charge in [-0.05, 0) is 30.9 Å². The zero-order chi connectivity index (χ0) is 14.3. The van der Waals surface area contributed by atoms with Gasteiger partial charge >= 0.3 is 0 Å². The summed E-state index contributed by atoms with van der Waals surface area (Å²) in [5.41, 5.74) is 1.79. The summed E-state index contributed by atoms with van der Waals surface area (Å²) in [6.07, 6.45) is 2.13. The standard InChI is InChI=1S/C13H17BrN2O2S/c1-9-3-4-10(14)7-11(9)16-12(17)5-6-15-13(18)8-19-2/h3-4,7H,5-6,8H2,1-2H3,(H,15,18)(H,16,17). The summed E-state index contributed by atoms with van der Waals surface area (Å²) in [4.78, 5) is 22.9. The van der Waals surface area contributed by atoms with Crippen LogP contribution in [-0.4, -0.2) is 30.4 Å². The lowest BCUT2D eigenvalue weighted by atomic mass is 10.2. The monoisotopic (exact) mass is 344 g/mol. The van der Waals surface area contributed by atoms with Crippen molar-refractivity contribution in [2.24, 2.45) is 0 Å². The molecule has 1 aromatic rings. The van der Waals surface area contributed by atoms with E-state index < -0.39 is 0 Å². The molecule has 19 heavy (non-hydrogen) atoms. The Kier molecular flexibility index (Phi) is 6.94. The maximum atomic E-state index is 11.7. The first-order valence-electron chi connectivity index (χ1n) is 5.84. The Hall–Kier alpha value is -1.01. The third-order valence-electron chi connectivity index (χ3n) is 2.42. The van der Waals surface area contributed by atoms with Crippen molar-refractivity contribution >= 4 is 45.2 Å². The lowest BCUT2D eigenvalue weighted by Gasteiger charge is -2.09. The maximum absolute atomic E-state index is 11.7. The minimum atomic E-state index is -0.106. The van der Waals surface area contributed by atoms with E-state index in [4.69, 9.17) is 0 Å². The molecule has 0 bridgehead atoms. The van der Waals surface area contributed by atoms with Crippen LogP contribution in [0.2, 0.25) is 0 Å². The molecule has 0 spiro atoms. The number of aryl methyl sites for hydroxylation is 1. The zero-order valence-corrected chi connectivity index (χ0v) is 13.4. The highest BCUT2D eigenvalue weighted by molar-refractivity contribution is 9.10. The lowest BCUT2D eigenvalue weighted by Crippen LogP contribution is -2.28. The van der Waals surface area contributed by atoms with Gasteiger partial charge in [0.05, 0.1) is 5.75 Å². The minimum absolute atomic E-state index is 0.0427. The van der Waals surface area contributed by atoms with Gasteiger partial charge in [-0.15, -0.1) is 0 Å². The molecule has 0 unspecified atom stereocenters. The van der Waals surface area contributed by atoms with Gasteiger partial charge < -0.3 is 10.6 Å². The van der Waals surface area contributed by atoms with Gasteiger partial charge in [-0.2, -0.15) is 11.8 Å². The predicted octanol–water partition coefficient (Wildman–Crippen LogP) is 2.57. The van der Waals surface area contributed by atoms with Crippen molar-refractivity contribution < 1.29 is 9.59 Å². The van der Waals surface area contributed by atoms with Crippen molar-refractivity contribution in [1.29, 1.82) is 0 Å². The molecule has 0 aliphatic heterocycles. The summed E-state index contributed by atoms with van der Waals surface area (Å²) >= 11 is 4.82. The first-order valence-corrected chi connectivity index (χ1v) is 8.03. The number of hydrogen-bond donors (Lipinski definition) is 2. The van der Waals surface area contributed by atoms with Crippen molar-refractivity contribution in [3.05, 3.63) is 28.2 Å². The maximum Gasteiger partial charge on any atom is 0.229 e. The van der Waals surface area contributed by atoms with Crippen molar-refractivity contribution in [2.45, 2.75) is 13.3 Å². The van der Waals surface area contributed by atoms with Crippen LogP contribution in [-0.2, 0) is 9.59 Å². The fourth-order valence-electron chi connectivity index (χ4n) is 1.44. The molecule has 104 valence electrons. The van der Waals surface area contributed by atoms with Crippen LogP contribution in [0.5, 0.6) is 0 Å². The van der Waals surface area contributed by atoms with Crippen LogP contribution < -0.4 is 10.6 Å². The molecule has 0 saturated carbocycles. The van der Waals surface area contributed by atoms with Crippen LogP contribution in [0.3, 0.4) is 0 Å². The lowest BCUT2D eigenvalue weighted by molar-refractivity contribution is -0.119. The van der Waals surface area contributed by atoms with Gasteiger partial charge in [0.1, 0.15) is 0 Å². The average molecular weight is 345 g/mol. The molecule has 0 fully saturated rings. The molecule has 2 N–H and O–H groups in total. The third kappa shape index (κ3) is 6.11. The Balaban J connectivity index is 2.39. The number of amides is 2. The molecule has 0 atom stereocenters. The second kappa shape index (κ2) is 8.22. The van der Waals surface area contributed by atoms with E-state index >= 15 is 0 Å². The molecular formula is C13H17BrN2O2S. The van der Waals surface area contributed by atoms with Crippen molar-refractivity contribution in [3.63, 3.8) is 0 Å². The number of carbonyl (C=O) groups is 2. The molecule has 6 heteroatoms. The number of rotatable bonds is 6. The largest absolute Gasteiger partial charge is 0.355 e. The second-order valence-corrected chi connectivity index (χ2v) is 5.82. The van der Waals surface area contributed by atoms with Gasteiger partial charge in [-0.3, -0.25) is 9.59 Å². The number of benzene rings is 1. The molecule has 0 saturated heterocycles. The van der Waals surface area contributed by atoms with Crippen LogP contribution in [0, 0.1) is 6.92 Å². The molecule has 0 aliphatic carbocycles. The first-order chi connectivity index (χ1) is 9.02. The summed E-state index contributed by atoms with van der Waals surface area (Å²) in [5, 5.41) is 5.53. The van der Waals surface area contributed by atoms with Gasteiger partial charge in [0.2, 0.25) is 11.8 Å². The van der Waals surface area contributed by atoms with Gasteiger partial charge in [0.25, 0.3) is 0 Å². The van der Waals surface area contributed by atoms with Crippen LogP contribution in [0.1, 0.15) is 12.0 Å². The topological polar surface area (TPSA) is 58.2 Å². The van der Waals surface area contributed by atoms with E-state index in [1.807, 2.05) is 31.4 Å². The summed E-state index contributed by atoms with van der Waals surface area (Å²) < 4.78 is 0.918. The fourth-order valence-corrected chi connectivity index (χ4v) is 2.16. The van der Waals surface area contributed by atoms with Crippen LogP contribution in [0.25, 0.3) is 0 Å². The number of thioether (sulfide) groups is 1. The number of hydrogen-bond acceptors (Lipinski definition) is 3. The van der Waals surface area contributed by atoms with E-state index in [9.17, 15) is 9.59 Å². The zero-order valence-electron chi connectivity index (χ0n) is 11.0. The molecule has 1 aromatic carbocycles. The van der Waals surface area contributed by atoms with Gasteiger partial charge in [-0.1, -0.05) is 22.0 Å². The molecule has 0 aromatic heterocycles. The summed E-state index contributed by atoms with van der Waals surface area (Å²) in [6.45, 7) is 2.29. The Morgan fingerprint density at radius 3 is 2.74 bits per heavy atom. The molecular weight excluding hydrogens is 328 g/mol. The van der Waals surface area contributed by atoms with Crippen molar-refractivity contribution in [3.8, 4) is 0 Å². The highest BCUT2D eigenvalue weighted by atomic mass is 79.9. The van der Waals surface area contributed by atoms with E-state index in [0.717, 1.165) is 15.7 Å². The van der Waals surface area contributed by atoms with Crippen molar-refractivity contribution in [2.75, 3.05) is 23.9 Å². The van der Waals surface area contributed by atoms with Crippen molar-refractivity contribution in [1.82, 2.24) is 5.32 Å². The molecule has 0 heterocycles. The number of carbonyl (C=O) groups excluding carboxylic acids is 2. The fraction of sp³-hybridized carbons (Fsp3) is 0.385. The molecule has 0 radical (unpaired) electrons. The van der Waals surface area contributed by atoms with Crippen LogP contribution >= 0.6 is 27.7 Å². The smallest absolute Gasteiger partial charge is 0.229 e. The Morgan fingerprint density at radius 1 is 1.32 bits per heavy atom. The molecule has 4 nitrogen and oxygen atoms in total. The molecule has 2 amide bonds. The molecule has 1 rings (SSSR count). The van der Waals surface area contributed by atoms with Crippen LogP contribution in [0.4, 0.5) is 5.69 Å². The SMILES string of the molecule is CSCC(=O)NCCC(=O)Nc1cc(Br)ccc1C. The summed E-state index contributed by atoms with van der Waals surface area (Å²) in [7, 11) is 0. The van der Waals surface area contributed by atoms with E-state index in [-0.39, 0.29) is 18.2 Å². The highest BCUT2D eigenvalue weighted by Crippen LogP contribution is 2.20. The average Bonchev–Trinajstić information content (AvgIpc) is 2.34. The Bertz CT molecular complexity index is 466. The third-order valence-corrected chi connectivity index (χ3v) is 3.47. The molecule has 0 aliphatic rings.